The van der Waals surface area contributed by atoms with Gasteiger partial charge in [-0.15, -0.1) is 0 Å². The van der Waals surface area contributed by atoms with Crippen LogP contribution in [0.4, 0.5) is 4.79 Å². The van der Waals surface area contributed by atoms with Gasteiger partial charge >= 0.3 is 12.1 Å². The summed E-state index contributed by atoms with van der Waals surface area (Å²) in [5, 5.41) is 14.6. The zero-order chi connectivity index (χ0) is 14.5. The molecule has 0 aromatic carbocycles. The highest BCUT2D eigenvalue weighted by atomic mass is 16.6. The molecule has 0 unspecified atom stereocenters. The summed E-state index contributed by atoms with van der Waals surface area (Å²) in [6, 6.07) is 1.37. The van der Waals surface area contributed by atoms with Gasteiger partial charge in [-0.3, -0.25) is 0 Å². The van der Waals surface area contributed by atoms with E-state index in [1.165, 1.54) is 6.07 Å². The van der Waals surface area contributed by atoms with Crippen molar-refractivity contribution < 1.29 is 24.0 Å². The number of aromatic carboxylic acids is 1. The molecule has 7 nitrogen and oxygen atoms in total. The maximum absolute atomic E-state index is 11.3. The van der Waals surface area contributed by atoms with Crippen LogP contribution >= 0.6 is 0 Å². The summed E-state index contributed by atoms with van der Waals surface area (Å²) in [6.45, 7) is 5.77. The minimum Gasteiger partial charge on any atom is -0.476 e. The Morgan fingerprint density at radius 2 is 2.16 bits per heavy atom. The largest absolute Gasteiger partial charge is 0.476 e. The molecule has 0 fully saturated rings. The summed E-state index contributed by atoms with van der Waals surface area (Å²) in [4.78, 5) is 21.9. The Balaban J connectivity index is 2.23. The molecule has 1 aromatic rings. The molecule has 0 spiro atoms. The van der Waals surface area contributed by atoms with Crippen LogP contribution in [0, 0.1) is 0 Å². The number of hydrogen-bond acceptors (Lipinski definition) is 5. The summed E-state index contributed by atoms with van der Waals surface area (Å²) in [5.74, 6) is -0.648. The van der Waals surface area contributed by atoms with E-state index >= 15 is 0 Å². The average Bonchev–Trinajstić information content (AvgIpc) is 2.70. The van der Waals surface area contributed by atoms with Crippen molar-refractivity contribution in [1.82, 2.24) is 10.5 Å². The van der Waals surface area contributed by atoms with E-state index in [-0.39, 0.29) is 5.69 Å². The lowest BCUT2D eigenvalue weighted by Crippen LogP contribution is -2.33. The number of ether oxygens (including phenoxy) is 1. The van der Waals surface area contributed by atoms with Crippen LogP contribution in [0.15, 0.2) is 10.6 Å². The van der Waals surface area contributed by atoms with Crippen molar-refractivity contribution in [2.45, 2.75) is 39.2 Å². The predicted octanol–water partition coefficient (Wildman–Crippen LogP) is 1.83. The first-order valence-corrected chi connectivity index (χ1v) is 5.93. The Morgan fingerprint density at radius 1 is 1.47 bits per heavy atom. The van der Waals surface area contributed by atoms with Gasteiger partial charge in [0.05, 0.1) is 0 Å². The monoisotopic (exact) mass is 270 g/mol. The van der Waals surface area contributed by atoms with Crippen molar-refractivity contribution >= 4 is 12.1 Å². The van der Waals surface area contributed by atoms with Gasteiger partial charge in [0.1, 0.15) is 11.4 Å². The van der Waals surface area contributed by atoms with E-state index in [0.717, 1.165) is 0 Å². The molecule has 1 aromatic heterocycles. The number of amides is 1. The number of nitrogens with zero attached hydrogens (tertiary/aromatic N) is 1. The first-order valence-electron chi connectivity index (χ1n) is 5.93. The topological polar surface area (TPSA) is 102 Å². The van der Waals surface area contributed by atoms with Crippen molar-refractivity contribution in [1.29, 1.82) is 0 Å². The molecule has 7 heteroatoms. The molecule has 19 heavy (non-hydrogen) atoms. The van der Waals surface area contributed by atoms with E-state index in [0.29, 0.717) is 25.1 Å². The second-order valence-electron chi connectivity index (χ2n) is 5.02. The first-order chi connectivity index (χ1) is 8.78. The molecule has 1 amide bonds. The molecule has 0 atom stereocenters. The molecule has 0 aliphatic heterocycles. The van der Waals surface area contributed by atoms with Gasteiger partial charge in [-0.2, -0.15) is 0 Å². The lowest BCUT2D eigenvalue weighted by Gasteiger charge is -2.19. The molecule has 0 saturated heterocycles. The predicted molar refractivity (Wildman–Crippen MR) is 66.0 cm³/mol. The quantitative estimate of drug-likeness (QED) is 0.791. The zero-order valence-electron chi connectivity index (χ0n) is 11.2. The summed E-state index contributed by atoms with van der Waals surface area (Å²) < 4.78 is 9.90. The molecule has 0 aliphatic carbocycles. The standard InChI is InChI=1S/C12H18N2O5/c1-12(2,3)18-11(17)13-6-4-5-8-7-9(10(15)16)14-19-8/h7H,4-6H2,1-3H3,(H,13,17)(H,15,16). The fourth-order valence-corrected chi connectivity index (χ4v) is 1.30. The number of aromatic nitrogens is 1. The van der Waals surface area contributed by atoms with E-state index in [2.05, 4.69) is 10.5 Å². The van der Waals surface area contributed by atoms with Crippen molar-refractivity contribution in [3.05, 3.63) is 17.5 Å². The van der Waals surface area contributed by atoms with Crippen LogP contribution < -0.4 is 5.32 Å². The Hall–Kier alpha value is -2.05. The van der Waals surface area contributed by atoms with Crippen molar-refractivity contribution in [2.24, 2.45) is 0 Å². The molecule has 2 N–H and O–H groups in total. The molecule has 0 bridgehead atoms. The second kappa shape index (κ2) is 6.21. The van der Waals surface area contributed by atoms with Crippen molar-refractivity contribution in [3.63, 3.8) is 0 Å². The Morgan fingerprint density at radius 3 is 2.68 bits per heavy atom. The van der Waals surface area contributed by atoms with Crippen LogP contribution in [0.1, 0.15) is 43.4 Å². The number of rotatable bonds is 5. The van der Waals surface area contributed by atoms with E-state index in [9.17, 15) is 9.59 Å². The lowest BCUT2D eigenvalue weighted by atomic mass is 10.2. The van der Waals surface area contributed by atoms with E-state index in [1.54, 1.807) is 20.8 Å². The van der Waals surface area contributed by atoms with Crippen LogP contribution in [0.2, 0.25) is 0 Å². The van der Waals surface area contributed by atoms with Gasteiger partial charge in [-0.25, -0.2) is 9.59 Å². The van der Waals surface area contributed by atoms with Crippen LogP contribution in [0.5, 0.6) is 0 Å². The number of carbonyl (C=O) groups excluding carboxylic acids is 1. The molecule has 0 saturated carbocycles. The van der Waals surface area contributed by atoms with Gasteiger partial charge in [-0.05, 0) is 27.2 Å². The van der Waals surface area contributed by atoms with E-state index < -0.39 is 17.7 Å². The maximum Gasteiger partial charge on any atom is 0.407 e. The SMILES string of the molecule is CC(C)(C)OC(=O)NCCCc1cc(C(=O)O)no1. The fourth-order valence-electron chi connectivity index (χ4n) is 1.30. The minimum absolute atomic E-state index is 0.116. The Kier molecular flexibility index (Phi) is 4.91. The van der Waals surface area contributed by atoms with Crippen LogP contribution in [-0.4, -0.2) is 34.5 Å². The van der Waals surface area contributed by atoms with Gasteiger partial charge in [0.2, 0.25) is 0 Å². The third-order valence-corrected chi connectivity index (χ3v) is 2.05. The minimum atomic E-state index is -1.12. The second-order valence-corrected chi connectivity index (χ2v) is 5.02. The summed E-state index contributed by atoms with van der Waals surface area (Å²) in [7, 11) is 0. The van der Waals surface area contributed by atoms with Gasteiger partial charge < -0.3 is 19.7 Å². The summed E-state index contributed by atoms with van der Waals surface area (Å²) in [6.07, 6.45) is 0.625. The molecule has 106 valence electrons. The van der Waals surface area contributed by atoms with Crippen molar-refractivity contribution in [3.8, 4) is 0 Å². The normalized spacial score (nSPS) is 11.1. The molecule has 1 rings (SSSR count). The number of nitrogens with one attached hydrogen (secondary N) is 1. The Labute approximate surface area is 110 Å². The number of alkyl carbamates (subject to hydrolysis) is 1. The van der Waals surface area contributed by atoms with E-state index in [1.807, 2.05) is 0 Å². The highest BCUT2D eigenvalue weighted by molar-refractivity contribution is 5.85. The van der Waals surface area contributed by atoms with Gasteiger partial charge in [0.15, 0.2) is 5.69 Å². The highest BCUT2D eigenvalue weighted by Gasteiger charge is 2.15. The first kappa shape index (κ1) is 15.0. The fraction of sp³-hybridized carbons (Fsp3) is 0.583. The molecule has 0 radical (unpaired) electrons. The lowest BCUT2D eigenvalue weighted by molar-refractivity contribution is 0.0526. The molecule has 0 aliphatic rings. The third kappa shape index (κ3) is 5.89. The number of aryl methyl sites for hydroxylation is 1. The van der Waals surface area contributed by atoms with Crippen LogP contribution in [-0.2, 0) is 11.2 Å². The Bertz CT molecular complexity index is 447. The maximum atomic E-state index is 11.3. The molecular formula is C12H18N2O5. The number of carboxylic acids is 1. The van der Waals surface area contributed by atoms with Gasteiger partial charge in [-0.1, -0.05) is 5.16 Å². The van der Waals surface area contributed by atoms with Crippen LogP contribution in [0.25, 0.3) is 0 Å². The third-order valence-electron chi connectivity index (χ3n) is 2.05. The zero-order valence-corrected chi connectivity index (χ0v) is 11.2. The van der Waals surface area contributed by atoms with Crippen LogP contribution in [0.3, 0.4) is 0 Å². The average molecular weight is 270 g/mol. The molecule has 1 heterocycles. The number of carbonyl (C=O) groups is 2. The van der Waals surface area contributed by atoms with Gasteiger partial charge in [0, 0.05) is 19.0 Å². The molecular weight excluding hydrogens is 252 g/mol. The van der Waals surface area contributed by atoms with E-state index in [4.69, 9.17) is 14.4 Å². The summed E-state index contributed by atoms with van der Waals surface area (Å²) in [5.41, 5.74) is -0.638. The smallest absolute Gasteiger partial charge is 0.407 e. The highest BCUT2D eigenvalue weighted by Crippen LogP contribution is 2.07. The number of carboxylic acid groups (broad SMARTS) is 1. The number of hydrogen-bond donors (Lipinski definition) is 2. The van der Waals surface area contributed by atoms with Gasteiger partial charge in [0.25, 0.3) is 0 Å². The van der Waals surface area contributed by atoms with Crippen molar-refractivity contribution in [2.75, 3.05) is 6.54 Å². The summed E-state index contributed by atoms with van der Waals surface area (Å²) >= 11 is 0.